The molecule has 23 heteroatoms. The number of aliphatic hydroxyl groups excluding tert-OH is 1. The van der Waals surface area contributed by atoms with E-state index in [0.29, 0.717) is 144 Å². The third kappa shape index (κ3) is 17.4. The molecule has 4 aromatic carbocycles. The number of aromatic nitrogens is 3. The first-order valence-corrected chi connectivity index (χ1v) is 28.5. The summed E-state index contributed by atoms with van der Waals surface area (Å²) in [7, 11) is 1.45. The Balaban J connectivity index is 0.730. The molecule has 0 unspecified atom stereocenters. The van der Waals surface area contributed by atoms with Gasteiger partial charge in [-0.1, -0.05) is 78.7 Å². The smallest absolute Gasteiger partial charge is 0.321 e. The average Bonchev–Trinajstić information content (AvgIpc) is 3.89. The standard InChI is InChI=1S/C55H67N6O15PS/c1-69-53-42(38-62)18-19-45-47(63)36-48(76-54(45)53)39-14-16-40(17-15-39)55(66)57-23-26-70-28-30-72-32-34-74-35-33-73-31-29-71-27-24-61-52-43-11-5-4-10-41(43)37-60(46-13-7-6-12-44(46)51(52)58-59-61)50(65)21-20-49(64)56-22-8-2-3-9-25-75-77(67,68)78/h4-7,10-19,36,62H,2-3,8-9,20-35,37-38H2,1H3,(H,56,64)(H,57,66)(H2,67,68,78). The van der Waals surface area contributed by atoms with Crippen LogP contribution in [0.15, 0.2) is 100 Å². The topological polar surface area (TPSA) is 265 Å². The van der Waals surface area contributed by atoms with Crippen molar-refractivity contribution in [3.05, 3.63) is 118 Å². The molecule has 3 heterocycles. The molecule has 0 spiro atoms. The Morgan fingerprint density at radius 1 is 0.731 bits per heavy atom. The van der Waals surface area contributed by atoms with Crippen LogP contribution in [-0.4, -0.2) is 140 Å². The van der Waals surface area contributed by atoms with Gasteiger partial charge >= 0.3 is 6.72 Å². The summed E-state index contributed by atoms with van der Waals surface area (Å²) in [5, 5.41) is 24.9. The Morgan fingerprint density at radius 2 is 1.38 bits per heavy atom. The molecule has 0 atom stereocenters. The fourth-order valence-corrected chi connectivity index (χ4v) is 9.20. The van der Waals surface area contributed by atoms with Crippen molar-refractivity contribution in [2.75, 3.05) is 97.8 Å². The minimum Gasteiger partial charge on any atom is -0.492 e. The minimum absolute atomic E-state index is 0.0235. The Labute approximate surface area is 456 Å². The van der Waals surface area contributed by atoms with E-state index in [1.807, 2.05) is 53.2 Å². The Bertz CT molecular complexity index is 3020. The summed E-state index contributed by atoms with van der Waals surface area (Å²) in [4.78, 5) is 72.2. The van der Waals surface area contributed by atoms with Crippen molar-refractivity contribution in [1.82, 2.24) is 25.6 Å². The van der Waals surface area contributed by atoms with Crippen LogP contribution in [0.5, 0.6) is 5.75 Å². The first-order chi connectivity index (χ1) is 38.0. The van der Waals surface area contributed by atoms with Gasteiger partial charge in [0.15, 0.2) is 16.8 Å². The van der Waals surface area contributed by atoms with E-state index < -0.39 is 6.72 Å². The number of unbranched alkanes of at least 4 members (excludes halogenated alkanes) is 3. The fraction of sp³-hybridized carbons (Fsp3) is 0.418. The third-order valence-corrected chi connectivity index (χ3v) is 13.3. The zero-order chi connectivity index (χ0) is 55.1. The monoisotopic (exact) mass is 1110 g/mol. The Hall–Kier alpha value is -6.27. The highest BCUT2D eigenvalue weighted by Gasteiger charge is 2.29. The summed E-state index contributed by atoms with van der Waals surface area (Å²) in [5.74, 6) is -0.0693. The average molecular weight is 1120 g/mol. The summed E-state index contributed by atoms with van der Waals surface area (Å²) in [6.45, 7) is 1.47. The van der Waals surface area contributed by atoms with Crippen LogP contribution < -0.4 is 25.7 Å². The molecule has 0 saturated carbocycles. The lowest BCUT2D eigenvalue weighted by Gasteiger charge is -2.28. The highest BCUT2D eigenvalue weighted by atomic mass is 32.5. The van der Waals surface area contributed by atoms with Crippen molar-refractivity contribution in [3.8, 4) is 39.6 Å². The molecule has 1 aliphatic heterocycles. The van der Waals surface area contributed by atoms with Gasteiger partial charge in [0.2, 0.25) is 11.8 Å². The van der Waals surface area contributed by atoms with Crippen LogP contribution in [0, 0.1) is 0 Å². The molecule has 21 nitrogen and oxygen atoms in total. The number of para-hydroxylation sites is 1. The predicted octanol–water partition coefficient (Wildman–Crippen LogP) is 5.93. The predicted molar refractivity (Wildman–Crippen MR) is 294 cm³/mol. The van der Waals surface area contributed by atoms with Crippen LogP contribution in [0.2, 0.25) is 0 Å². The molecule has 0 radical (unpaired) electrons. The molecule has 5 N–H and O–H groups in total. The zero-order valence-electron chi connectivity index (χ0n) is 43.6. The Kier molecular flexibility index (Phi) is 23.4. The molecular formula is C55H67N6O15PS. The first kappa shape index (κ1) is 59.4. The van der Waals surface area contributed by atoms with Crippen molar-refractivity contribution >= 4 is 52.9 Å². The van der Waals surface area contributed by atoms with Crippen molar-refractivity contribution in [2.24, 2.45) is 0 Å². The molecule has 78 heavy (non-hydrogen) atoms. The molecule has 3 amide bonds. The number of amides is 3. The molecule has 6 aromatic rings. The van der Waals surface area contributed by atoms with Gasteiger partial charge in [-0.2, -0.15) is 0 Å². The molecule has 1 aliphatic rings. The normalized spacial score (nSPS) is 12.1. The lowest BCUT2D eigenvalue weighted by Crippen LogP contribution is -2.33. The molecule has 0 saturated heterocycles. The summed E-state index contributed by atoms with van der Waals surface area (Å²) in [6, 6.07) is 26.7. The molecule has 418 valence electrons. The van der Waals surface area contributed by atoms with Gasteiger partial charge in [-0.05, 0) is 54.5 Å². The van der Waals surface area contributed by atoms with Gasteiger partial charge in [0.1, 0.15) is 11.5 Å². The number of hydrogen-bond donors (Lipinski definition) is 5. The SMILES string of the molecule is COc1c(CO)ccc2c(=O)cc(-c3ccc(C(=O)NCCOCCOCCOCCOCCOCCn4nnc5c4-c4ccccc4CN(C(=O)CCC(=O)NCCCCCCOP(O)(O)=S)c4ccccc4-5)cc3)oc12. The van der Waals surface area contributed by atoms with Crippen molar-refractivity contribution in [2.45, 2.75) is 58.2 Å². The maximum absolute atomic E-state index is 13.9. The van der Waals surface area contributed by atoms with E-state index in [1.54, 1.807) is 41.3 Å². The molecule has 0 fully saturated rings. The summed E-state index contributed by atoms with van der Waals surface area (Å²) >= 11 is 4.45. The van der Waals surface area contributed by atoms with E-state index in [0.717, 1.165) is 41.6 Å². The van der Waals surface area contributed by atoms with Gasteiger partial charge in [0, 0.05) is 59.8 Å². The van der Waals surface area contributed by atoms with Crippen LogP contribution in [-0.2, 0) is 69.3 Å². The zero-order valence-corrected chi connectivity index (χ0v) is 45.3. The van der Waals surface area contributed by atoms with E-state index in [9.17, 15) is 24.3 Å². The molecule has 0 aliphatic carbocycles. The lowest BCUT2D eigenvalue weighted by atomic mass is 9.95. The number of rotatable bonds is 33. The number of nitrogens with zero attached hydrogens (tertiary/aromatic N) is 4. The van der Waals surface area contributed by atoms with E-state index in [-0.39, 0.29) is 54.8 Å². The van der Waals surface area contributed by atoms with Gasteiger partial charge in [-0.25, -0.2) is 4.68 Å². The number of carbonyl (C=O) groups is 3. The maximum Gasteiger partial charge on any atom is 0.321 e. The summed E-state index contributed by atoms with van der Waals surface area (Å²) < 4.78 is 46.5. The van der Waals surface area contributed by atoms with Crippen LogP contribution in [0.1, 0.15) is 60.0 Å². The second-order valence-corrected chi connectivity index (χ2v) is 20.6. The highest BCUT2D eigenvalue weighted by molar-refractivity contribution is 8.06. The summed E-state index contributed by atoms with van der Waals surface area (Å²) in [6.07, 6.45) is 3.06. The number of aliphatic hydroxyl groups is 1. The minimum atomic E-state index is -3.63. The highest BCUT2D eigenvalue weighted by Crippen LogP contribution is 2.41. The number of anilines is 1. The third-order valence-electron chi connectivity index (χ3n) is 12.5. The number of carbonyl (C=O) groups excluding carboxylic acids is 3. The van der Waals surface area contributed by atoms with Gasteiger partial charge in [-0.3, -0.25) is 19.2 Å². The molecule has 7 rings (SSSR count). The van der Waals surface area contributed by atoms with E-state index >= 15 is 0 Å². The quantitative estimate of drug-likeness (QED) is 0.0236. The van der Waals surface area contributed by atoms with Crippen molar-refractivity contribution < 1.29 is 66.6 Å². The number of benzene rings is 4. The van der Waals surface area contributed by atoms with Gasteiger partial charge in [0.05, 0.1) is 116 Å². The van der Waals surface area contributed by atoms with E-state index in [4.69, 9.17) is 47.1 Å². The van der Waals surface area contributed by atoms with Crippen LogP contribution in [0.4, 0.5) is 5.69 Å². The first-order valence-electron chi connectivity index (χ1n) is 25.9. The maximum atomic E-state index is 13.9. The van der Waals surface area contributed by atoms with E-state index in [1.165, 1.54) is 13.2 Å². The van der Waals surface area contributed by atoms with Crippen molar-refractivity contribution in [1.29, 1.82) is 0 Å². The number of fused-ring (bicyclic) bond motifs is 6. The fourth-order valence-electron chi connectivity index (χ4n) is 8.61. The molecule has 2 aromatic heterocycles. The number of hydrogen-bond acceptors (Lipinski definition) is 16. The van der Waals surface area contributed by atoms with Crippen LogP contribution >= 0.6 is 6.72 Å². The number of nitrogens with one attached hydrogen (secondary N) is 2. The number of ether oxygens (including phenoxy) is 6. The second-order valence-electron chi connectivity index (χ2n) is 17.9. The number of methoxy groups -OCH3 is 1. The van der Waals surface area contributed by atoms with E-state index in [2.05, 4.69) is 32.8 Å². The van der Waals surface area contributed by atoms with Gasteiger partial charge in [0.25, 0.3) is 5.91 Å². The van der Waals surface area contributed by atoms with Crippen LogP contribution in [0.25, 0.3) is 44.8 Å². The van der Waals surface area contributed by atoms with Gasteiger partial charge in [-0.15, -0.1) is 5.10 Å². The molecular weight excluding hydrogens is 1050 g/mol. The largest absolute Gasteiger partial charge is 0.492 e. The van der Waals surface area contributed by atoms with Gasteiger partial charge < -0.3 is 67.8 Å². The molecule has 0 bridgehead atoms. The van der Waals surface area contributed by atoms with Crippen molar-refractivity contribution in [3.63, 3.8) is 0 Å². The summed E-state index contributed by atoms with van der Waals surface area (Å²) in [5.41, 5.74) is 6.22. The second kappa shape index (κ2) is 30.8. The lowest BCUT2D eigenvalue weighted by molar-refractivity contribution is -0.125. The van der Waals surface area contributed by atoms with Crippen LogP contribution in [0.3, 0.4) is 0 Å². The Morgan fingerprint density at radius 3 is 2.08 bits per heavy atom.